The van der Waals surface area contributed by atoms with Gasteiger partial charge in [-0.25, -0.2) is 4.98 Å². The number of nitrogen functional groups attached to an aromatic ring is 1. The number of nitrogens with one attached hydrogen (secondary N) is 1. The van der Waals surface area contributed by atoms with Crippen LogP contribution in [0.25, 0.3) is 0 Å². The number of nitrogens with zero attached hydrogens (tertiary/aromatic N) is 5. The minimum atomic E-state index is -4.60. The maximum Gasteiger partial charge on any atom is 0.421 e. The van der Waals surface area contributed by atoms with E-state index in [1.807, 2.05) is 32.0 Å². The fraction of sp³-hybridized carbons (Fsp3) is 0.294. The molecule has 3 aromatic heterocycles. The van der Waals surface area contributed by atoms with Gasteiger partial charge in [-0.15, -0.1) is 0 Å². The van der Waals surface area contributed by atoms with Crippen LogP contribution in [0.2, 0.25) is 0 Å². The van der Waals surface area contributed by atoms with Crippen LogP contribution in [-0.2, 0) is 12.7 Å². The number of hydrogen-bond acceptors (Lipinski definition) is 6. The molecule has 0 amide bonds. The molecule has 0 fully saturated rings. The summed E-state index contributed by atoms with van der Waals surface area (Å²) in [6.07, 6.45) is -3.05. The van der Waals surface area contributed by atoms with Gasteiger partial charge in [0.25, 0.3) is 0 Å². The Morgan fingerprint density at radius 1 is 1.11 bits per heavy atom. The summed E-state index contributed by atoms with van der Waals surface area (Å²) in [7, 11) is 0. The third kappa shape index (κ3) is 3.99. The maximum absolute atomic E-state index is 13.0. The van der Waals surface area contributed by atoms with Crippen molar-refractivity contribution in [2.75, 3.05) is 11.1 Å². The van der Waals surface area contributed by atoms with Crippen molar-refractivity contribution in [1.82, 2.24) is 24.7 Å². The van der Waals surface area contributed by atoms with Gasteiger partial charge in [0.15, 0.2) is 0 Å². The number of anilines is 3. The Morgan fingerprint density at radius 3 is 2.48 bits per heavy atom. The second-order valence-corrected chi connectivity index (χ2v) is 6.09. The van der Waals surface area contributed by atoms with Crippen LogP contribution in [0, 0.1) is 20.8 Å². The van der Waals surface area contributed by atoms with Crippen molar-refractivity contribution in [1.29, 1.82) is 0 Å². The van der Waals surface area contributed by atoms with Gasteiger partial charge >= 0.3 is 6.18 Å². The molecule has 0 atom stereocenters. The lowest BCUT2D eigenvalue weighted by Crippen LogP contribution is -2.15. The Labute approximate surface area is 153 Å². The number of aryl methyl sites for hydroxylation is 2. The van der Waals surface area contributed by atoms with Crippen LogP contribution in [-0.4, -0.2) is 24.7 Å². The number of rotatable bonds is 4. The van der Waals surface area contributed by atoms with Crippen LogP contribution in [0.15, 0.2) is 24.4 Å². The van der Waals surface area contributed by atoms with Crippen LogP contribution in [0.1, 0.15) is 28.3 Å². The number of aromatic nitrogens is 5. The summed E-state index contributed by atoms with van der Waals surface area (Å²) in [5.74, 6) is -0.638. The van der Waals surface area contributed by atoms with E-state index in [4.69, 9.17) is 5.73 Å². The first kappa shape index (κ1) is 18.6. The molecule has 0 aliphatic rings. The minimum Gasteiger partial charge on any atom is -0.383 e. The van der Waals surface area contributed by atoms with Gasteiger partial charge in [-0.3, -0.25) is 9.67 Å². The number of hydrogen-bond donors (Lipinski definition) is 2. The summed E-state index contributed by atoms with van der Waals surface area (Å²) < 4.78 is 40.6. The molecule has 3 heterocycles. The lowest BCUT2D eigenvalue weighted by atomic mass is 10.2. The van der Waals surface area contributed by atoms with Gasteiger partial charge in [0, 0.05) is 5.69 Å². The van der Waals surface area contributed by atoms with E-state index in [-0.39, 0.29) is 11.6 Å². The monoisotopic (exact) mass is 377 g/mol. The number of halogens is 3. The predicted octanol–water partition coefficient (Wildman–Crippen LogP) is 3.39. The van der Waals surface area contributed by atoms with Gasteiger partial charge < -0.3 is 11.1 Å². The van der Waals surface area contributed by atoms with Crippen molar-refractivity contribution in [3.05, 3.63) is 52.7 Å². The highest BCUT2D eigenvalue weighted by atomic mass is 19.4. The van der Waals surface area contributed by atoms with Crippen LogP contribution in [0.4, 0.5) is 30.6 Å². The van der Waals surface area contributed by atoms with Crippen molar-refractivity contribution >= 4 is 17.5 Å². The normalized spacial score (nSPS) is 11.6. The number of alkyl halides is 3. The highest BCUT2D eigenvalue weighted by Crippen LogP contribution is 2.35. The van der Waals surface area contributed by atoms with E-state index in [1.165, 1.54) is 6.92 Å². The fourth-order valence-electron chi connectivity index (χ4n) is 2.69. The third-order valence-electron chi connectivity index (χ3n) is 4.01. The Morgan fingerprint density at radius 2 is 1.85 bits per heavy atom. The molecule has 0 aliphatic carbocycles. The molecule has 3 N–H and O–H groups in total. The third-order valence-corrected chi connectivity index (χ3v) is 4.01. The molecule has 0 spiro atoms. The molecule has 0 bridgehead atoms. The number of pyridine rings is 1. The molecule has 0 aliphatic heterocycles. The molecule has 0 saturated heterocycles. The fourth-order valence-corrected chi connectivity index (χ4v) is 2.69. The molecule has 7 nitrogen and oxygen atoms in total. The van der Waals surface area contributed by atoms with E-state index in [1.54, 1.807) is 10.9 Å². The van der Waals surface area contributed by atoms with Crippen molar-refractivity contribution in [3.8, 4) is 0 Å². The van der Waals surface area contributed by atoms with Crippen molar-refractivity contribution < 1.29 is 13.2 Å². The lowest BCUT2D eigenvalue weighted by molar-refractivity contribution is -0.137. The first-order valence-electron chi connectivity index (χ1n) is 8.08. The van der Waals surface area contributed by atoms with E-state index in [9.17, 15) is 13.2 Å². The molecule has 0 unspecified atom stereocenters. The Balaban J connectivity index is 1.84. The molecule has 142 valence electrons. The zero-order valence-electron chi connectivity index (χ0n) is 15.0. The summed E-state index contributed by atoms with van der Waals surface area (Å²) in [4.78, 5) is 12.0. The quantitative estimate of drug-likeness (QED) is 0.724. The molecule has 3 aromatic rings. The summed E-state index contributed by atoms with van der Waals surface area (Å²) in [6.45, 7) is 5.43. The Hall–Kier alpha value is -3.17. The van der Waals surface area contributed by atoms with Gasteiger partial charge in [0.05, 0.1) is 35.5 Å². The van der Waals surface area contributed by atoms with Gasteiger partial charge in [0.1, 0.15) is 11.4 Å². The summed E-state index contributed by atoms with van der Waals surface area (Å²) in [6, 6.07) is 5.71. The van der Waals surface area contributed by atoms with Gasteiger partial charge in [-0.2, -0.15) is 23.3 Å². The second kappa shape index (κ2) is 6.86. The SMILES string of the molecule is Cc1cccc(Cn2ncc(Nc3nc(C)c(C(F)(F)F)c(N)n3)c2C)n1. The highest BCUT2D eigenvalue weighted by molar-refractivity contribution is 5.58. The molecule has 3 rings (SSSR count). The van der Waals surface area contributed by atoms with Gasteiger partial charge in [-0.1, -0.05) is 6.07 Å². The van der Waals surface area contributed by atoms with Crippen LogP contribution < -0.4 is 11.1 Å². The van der Waals surface area contributed by atoms with Crippen molar-refractivity contribution in [2.45, 2.75) is 33.5 Å². The van der Waals surface area contributed by atoms with Crippen LogP contribution in [0.3, 0.4) is 0 Å². The summed E-state index contributed by atoms with van der Waals surface area (Å²) >= 11 is 0. The smallest absolute Gasteiger partial charge is 0.383 e. The zero-order valence-corrected chi connectivity index (χ0v) is 15.0. The maximum atomic E-state index is 13.0. The van der Waals surface area contributed by atoms with Crippen LogP contribution in [0.5, 0.6) is 0 Å². The average molecular weight is 377 g/mol. The topological polar surface area (TPSA) is 94.5 Å². The van der Waals surface area contributed by atoms with Crippen LogP contribution >= 0.6 is 0 Å². The highest BCUT2D eigenvalue weighted by Gasteiger charge is 2.36. The van der Waals surface area contributed by atoms with E-state index in [0.717, 1.165) is 17.1 Å². The molecular weight excluding hydrogens is 359 g/mol. The Kier molecular flexibility index (Phi) is 4.73. The molecular formula is C17H18F3N7. The molecule has 0 radical (unpaired) electrons. The van der Waals surface area contributed by atoms with Gasteiger partial charge in [0.2, 0.25) is 5.95 Å². The van der Waals surface area contributed by atoms with E-state index >= 15 is 0 Å². The predicted molar refractivity (Wildman–Crippen MR) is 94.5 cm³/mol. The van der Waals surface area contributed by atoms with Gasteiger partial charge in [-0.05, 0) is 32.9 Å². The number of nitrogens with two attached hydrogens (primary N) is 1. The first-order chi connectivity index (χ1) is 12.6. The van der Waals surface area contributed by atoms with Crippen molar-refractivity contribution in [3.63, 3.8) is 0 Å². The molecule has 0 aromatic carbocycles. The second-order valence-electron chi connectivity index (χ2n) is 6.09. The first-order valence-corrected chi connectivity index (χ1v) is 8.08. The largest absolute Gasteiger partial charge is 0.421 e. The average Bonchev–Trinajstić information content (AvgIpc) is 2.86. The molecule has 10 heteroatoms. The van der Waals surface area contributed by atoms with E-state index in [0.29, 0.717) is 12.2 Å². The molecule has 27 heavy (non-hydrogen) atoms. The molecule has 0 saturated carbocycles. The standard InChI is InChI=1S/C17H18F3N7/c1-9-5-4-6-12(23-9)8-27-11(3)13(7-22-27)25-16-24-10(2)14(15(21)26-16)17(18,19)20/h4-7H,8H2,1-3H3,(H3,21,24,25,26). The van der Waals surface area contributed by atoms with Crippen molar-refractivity contribution in [2.24, 2.45) is 0 Å². The minimum absolute atomic E-state index is 0.0191. The Bertz CT molecular complexity index is 956. The van der Waals surface area contributed by atoms with E-state index < -0.39 is 17.6 Å². The van der Waals surface area contributed by atoms with E-state index in [2.05, 4.69) is 25.4 Å². The summed E-state index contributed by atoms with van der Waals surface area (Å²) in [5.41, 5.74) is 7.30. The lowest BCUT2D eigenvalue weighted by Gasteiger charge is -2.13. The summed E-state index contributed by atoms with van der Waals surface area (Å²) in [5, 5.41) is 7.16. The zero-order chi connectivity index (χ0) is 19.8.